The molecule has 0 atom stereocenters. The van der Waals surface area contributed by atoms with Gasteiger partial charge in [-0.2, -0.15) is 0 Å². The Balaban J connectivity index is 0.896. The molecule has 4 aromatic heterocycles. The molecule has 4 heterocycles. The summed E-state index contributed by atoms with van der Waals surface area (Å²) in [5, 5.41) is 2.13. The number of benzene rings is 8. The Morgan fingerprint density at radius 1 is 0.323 bits per heavy atom. The lowest BCUT2D eigenvalue weighted by Gasteiger charge is -2.11. The van der Waals surface area contributed by atoms with E-state index in [9.17, 15) is 0 Å². The summed E-state index contributed by atoms with van der Waals surface area (Å²) in [5.41, 5.74) is 15.7. The minimum absolute atomic E-state index is 0.654. The van der Waals surface area contributed by atoms with Crippen molar-refractivity contribution < 1.29 is 4.42 Å². The second-order valence-electron chi connectivity index (χ2n) is 15.4. The summed E-state index contributed by atoms with van der Waals surface area (Å²) >= 11 is 1.75. The zero-order chi connectivity index (χ0) is 41.0. The van der Waals surface area contributed by atoms with Crippen LogP contribution in [0.5, 0.6) is 0 Å². The Labute approximate surface area is 361 Å². The summed E-state index contributed by atoms with van der Waals surface area (Å²) in [6.07, 6.45) is 0. The van der Waals surface area contributed by atoms with E-state index in [0.717, 1.165) is 99.1 Å². The van der Waals surface area contributed by atoms with Crippen molar-refractivity contribution in [1.29, 1.82) is 0 Å². The van der Waals surface area contributed by atoms with E-state index < -0.39 is 0 Å². The van der Waals surface area contributed by atoms with Crippen molar-refractivity contribution in [1.82, 2.24) is 19.9 Å². The Morgan fingerprint density at radius 2 is 0.742 bits per heavy atom. The van der Waals surface area contributed by atoms with Crippen LogP contribution in [0.15, 0.2) is 211 Å². The van der Waals surface area contributed by atoms with Crippen LogP contribution in [0.2, 0.25) is 0 Å². The molecule has 0 fully saturated rings. The molecule has 0 aliphatic carbocycles. The number of fused-ring (bicyclic) bond motifs is 6. The molecule has 0 aliphatic heterocycles. The molecule has 62 heavy (non-hydrogen) atoms. The summed E-state index contributed by atoms with van der Waals surface area (Å²) in [5.74, 6) is 1.37. The fourth-order valence-electron chi connectivity index (χ4n) is 8.46. The van der Waals surface area contributed by atoms with Crippen LogP contribution in [-0.4, -0.2) is 19.9 Å². The molecule has 6 heteroatoms. The lowest BCUT2D eigenvalue weighted by molar-refractivity contribution is 0.667. The normalized spacial score (nSPS) is 11.5. The predicted octanol–water partition coefficient (Wildman–Crippen LogP) is 15.2. The highest BCUT2D eigenvalue weighted by Crippen LogP contribution is 2.41. The molecule has 0 saturated carbocycles. The zero-order valence-electron chi connectivity index (χ0n) is 33.2. The maximum Gasteiger partial charge on any atom is 0.180 e. The van der Waals surface area contributed by atoms with Crippen LogP contribution in [0.25, 0.3) is 121 Å². The fraction of sp³-hybridized carbons (Fsp3) is 0. The molecule has 5 nitrogen and oxygen atoms in total. The Hall–Kier alpha value is -8.06. The molecule has 12 rings (SSSR count). The van der Waals surface area contributed by atoms with Gasteiger partial charge in [0.1, 0.15) is 16.8 Å². The van der Waals surface area contributed by atoms with Gasteiger partial charge in [-0.05, 0) is 75.8 Å². The number of hydrogen-bond acceptors (Lipinski definition) is 6. The maximum absolute atomic E-state index is 6.35. The second kappa shape index (κ2) is 14.9. The molecular weight excluding hydrogens is 777 g/mol. The summed E-state index contributed by atoms with van der Waals surface area (Å²) in [6.45, 7) is 0. The molecule has 12 aromatic rings. The first-order valence-corrected chi connectivity index (χ1v) is 21.4. The number of nitrogens with zero attached hydrogens (tertiary/aromatic N) is 4. The minimum atomic E-state index is 0.654. The SMILES string of the molecule is c1ccc(-c2nc(-c3cccc(-c4cccc(-c5cccc(-c6cccc(-c7nc(-c8ccccc8)c8sc9ccccc9c8n7)c6)c5)c4)c3)nc3c2oc2ccccc23)cc1. The van der Waals surface area contributed by atoms with E-state index in [1.807, 2.05) is 42.5 Å². The Kier molecular flexibility index (Phi) is 8.61. The molecule has 0 aliphatic rings. The molecule has 0 spiro atoms. The monoisotopic (exact) mass is 810 g/mol. The van der Waals surface area contributed by atoms with E-state index in [2.05, 4.69) is 164 Å². The highest BCUT2D eigenvalue weighted by molar-refractivity contribution is 7.26. The van der Waals surface area contributed by atoms with Crippen molar-refractivity contribution in [2.24, 2.45) is 0 Å². The standard InChI is InChI=1S/C56H34N4OS/c1-3-15-35(16-4-1)49-53-51(45-27-7-9-29-47(45)61-53)59-55(57-49)43-25-13-23-41(33-43)39-21-11-19-37(31-39)38-20-12-22-40(32-38)42-24-14-26-44(34-42)56-58-50(36-17-5-2-6-18-36)54-52(60-56)46-28-8-10-30-48(46)62-54/h1-34H. The quantitative estimate of drug-likeness (QED) is 0.160. The third-order valence-corrected chi connectivity index (χ3v) is 12.7. The van der Waals surface area contributed by atoms with Gasteiger partial charge >= 0.3 is 0 Å². The topological polar surface area (TPSA) is 64.7 Å². The molecule has 290 valence electrons. The van der Waals surface area contributed by atoms with Crippen LogP contribution < -0.4 is 0 Å². The molecule has 0 N–H and O–H groups in total. The number of rotatable bonds is 7. The third kappa shape index (κ3) is 6.33. The Morgan fingerprint density at radius 3 is 1.32 bits per heavy atom. The first-order valence-electron chi connectivity index (χ1n) is 20.6. The van der Waals surface area contributed by atoms with Crippen LogP contribution >= 0.6 is 11.3 Å². The van der Waals surface area contributed by atoms with Crippen LogP contribution in [0, 0.1) is 0 Å². The van der Waals surface area contributed by atoms with Gasteiger partial charge in [-0.1, -0.05) is 164 Å². The van der Waals surface area contributed by atoms with Crippen molar-refractivity contribution in [3.63, 3.8) is 0 Å². The van der Waals surface area contributed by atoms with Crippen molar-refractivity contribution in [2.45, 2.75) is 0 Å². The highest BCUT2D eigenvalue weighted by Gasteiger charge is 2.19. The van der Waals surface area contributed by atoms with E-state index in [-0.39, 0.29) is 0 Å². The van der Waals surface area contributed by atoms with E-state index in [1.54, 1.807) is 11.3 Å². The smallest absolute Gasteiger partial charge is 0.180 e. The minimum Gasteiger partial charge on any atom is -0.452 e. The number of thiophene rings is 1. The average molecular weight is 811 g/mol. The highest BCUT2D eigenvalue weighted by atomic mass is 32.1. The summed E-state index contributed by atoms with van der Waals surface area (Å²) < 4.78 is 8.67. The molecule has 0 radical (unpaired) electrons. The first kappa shape index (κ1) is 35.8. The van der Waals surface area contributed by atoms with Crippen molar-refractivity contribution >= 4 is 53.7 Å². The van der Waals surface area contributed by atoms with Crippen LogP contribution in [0.1, 0.15) is 0 Å². The van der Waals surface area contributed by atoms with Crippen LogP contribution in [0.3, 0.4) is 0 Å². The van der Waals surface area contributed by atoms with E-state index in [4.69, 9.17) is 24.4 Å². The van der Waals surface area contributed by atoms with Crippen LogP contribution in [-0.2, 0) is 0 Å². The lowest BCUT2D eigenvalue weighted by atomic mass is 9.95. The van der Waals surface area contributed by atoms with E-state index >= 15 is 0 Å². The number of hydrogen-bond donors (Lipinski definition) is 0. The molecule has 0 unspecified atom stereocenters. The van der Waals surface area contributed by atoms with Crippen molar-refractivity contribution in [3.05, 3.63) is 206 Å². The van der Waals surface area contributed by atoms with Gasteiger partial charge in [0.2, 0.25) is 0 Å². The van der Waals surface area contributed by atoms with Gasteiger partial charge in [0, 0.05) is 37.7 Å². The van der Waals surface area contributed by atoms with E-state index in [1.165, 1.54) is 4.70 Å². The van der Waals surface area contributed by atoms with Gasteiger partial charge in [0.15, 0.2) is 17.2 Å². The van der Waals surface area contributed by atoms with Gasteiger partial charge in [0.25, 0.3) is 0 Å². The van der Waals surface area contributed by atoms with Gasteiger partial charge < -0.3 is 4.42 Å². The second-order valence-corrected chi connectivity index (χ2v) is 16.5. The largest absolute Gasteiger partial charge is 0.452 e. The average Bonchev–Trinajstić information content (AvgIpc) is 3.93. The molecule has 0 saturated heterocycles. The summed E-state index contributed by atoms with van der Waals surface area (Å²) in [7, 11) is 0. The predicted molar refractivity (Wildman–Crippen MR) is 256 cm³/mol. The Bertz CT molecular complexity index is 3410. The number of aromatic nitrogens is 4. The lowest BCUT2D eigenvalue weighted by Crippen LogP contribution is -1.94. The maximum atomic E-state index is 6.35. The van der Waals surface area contributed by atoms with Crippen molar-refractivity contribution in [2.75, 3.05) is 0 Å². The number of para-hydroxylation sites is 1. The van der Waals surface area contributed by atoms with Gasteiger partial charge in [-0.3, -0.25) is 0 Å². The fourth-order valence-corrected chi connectivity index (χ4v) is 9.61. The number of furan rings is 1. The molecule has 0 amide bonds. The summed E-state index contributed by atoms with van der Waals surface area (Å²) in [4.78, 5) is 20.7. The van der Waals surface area contributed by atoms with Gasteiger partial charge in [-0.15, -0.1) is 11.3 Å². The van der Waals surface area contributed by atoms with Crippen molar-refractivity contribution in [3.8, 4) is 78.7 Å². The first-order chi connectivity index (χ1) is 30.7. The third-order valence-electron chi connectivity index (χ3n) is 11.5. The molecule has 0 bridgehead atoms. The van der Waals surface area contributed by atoms with Gasteiger partial charge in [0.05, 0.1) is 15.9 Å². The zero-order valence-corrected chi connectivity index (χ0v) is 34.1. The molecule has 8 aromatic carbocycles. The molecular formula is C56H34N4OS. The summed E-state index contributed by atoms with van der Waals surface area (Å²) in [6, 6.07) is 71.7. The van der Waals surface area contributed by atoms with Gasteiger partial charge in [-0.25, -0.2) is 19.9 Å². The van der Waals surface area contributed by atoms with E-state index in [0.29, 0.717) is 17.2 Å². The van der Waals surface area contributed by atoms with Crippen LogP contribution in [0.4, 0.5) is 0 Å².